The molecule has 0 bridgehead atoms. The van der Waals surface area contributed by atoms with Crippen LogP contribution < -0.4 is 10.1 Å². The Labute approximate surface area is 163 Å². The van der Waals surface area contributed by atoms with Gasteiger partial charge in [0.2, 0.25) is 5.89 Å². The number of carbonyl (C=O) groups is 1. The number of aromatic nitrogens is 1. The van der Waals surface area contributed by atoms with E-state index in [2.05, 4.69) is 17.2 Å². The number of ether oxygens (including phenoxy) is 1. The molecule has 0 saturated carbocycles. The van der Waals surface area contributed by atoms with E-state index in [9.17, 15) is 4.79 Å². The SMILES string of the molecule is CCc1ccc(C(=O)Nc2ccc3oc(-c4ccc(OC)cc4)nc3c2)cc1. The van der Waals surface area contributed by atoms with Gasteiger partial charge in [0.15, 0.2) is 5.58 Å². The lowest BCUT2D eigenvalue weighted by molar-refractivity contribution is 0.102. The van der Waals surface area contributed by atoms with Crippen molar-refractivity contribution in [3.63, 3.8) is 0 Å². The highest BCUT2D eigenvalue weighted by Gasteiger charge is 2.11. The average molecular weight is 372 g/mol. The minimum Gasteiger partial charge on any atom is -0.497 e. The number of carbonyl (C=O) groups excluding carboxylic acids is 1. The van der Waals surface area contributed by atoms with Gasteiger partial charge in [-0.25, -0.2) is 4.98 Å². The van der Waals surface area contributed by atoms with E-state index in [1.807, 2.05) is 66.7 Å². The van der Waals surface area contributed by atoms with E-state index in [0.29, 0.717) is 28.2 Å². The van der Waals surface area contributed by atoms with Crippen LogP contribution in [0.25, 0.3) is 22.6 Å². The van der Waals surface area contributed by atoms with Gasteiger partial charge in [0.05, 0.1) is 7.11 Å². The molecule has 0 spiro atoms. The van der Waals surface area contributed by atoms with Gasteiger partial charge in [-0.1, -0.05) is 19.1 Å². The van der Waals surface area contributed by atoms with Crippen LogP contribution in [0.4, 0.5) is 5.69 Å². The fourth-order valence-electron chi connectivity index (χ4n) is 2.96. The topological polar surface area (TPSA) is 64.4 Å². The van der Waals surface area contributed by atoms with Crippen LogP contribution in [0.5, 0.6) is 5.75 Å². The standard InChI is InChI=1S/C23H20N2O3/c1-3-15-4-6-16(7-5-15)22(26)24-18-10-13-21-20(14-18)25-23(28-21)17-8-11-19(27-2)12-9-17/h4-14H,3H2,1-2H3,(H,24,26). The monoisotopic (exact) mass is 372 g/mol. The molecular formula is C23H20N2O3. The zero-order valence-corrected chi connectivity index (χ0v) is 15.7. The van der Waals surface area contributed by atoms with Gasteiger partial charge in [-0.2, -0.15) is 0 Å². The van der Waals surface area contributed by atoms with Gasteiger partial charge in [-0.05, 0) is 66.6 Å². The number of oxazole rings is 1. The molecule has 0 aliphatic carbocycles. The molecule has 1 heterocycles. The maximum Gasteiger partial charge on any atom is 0.255 e. The Morgan fingerprint density at radius 2 is 1.79 bits per heavy atom. The summed E-state index contributed by atoms with van der Waals surface area (Å²) in [5.74, 6) is 1.15. The van der Waals surface area contributed by atoms with Crippen LogP contribution in [0.3, 0.4) is 0 Å². The van der Waals surface area contributed by atoms with Crippen molar-refractivity contribution in [2.24, 2.45) is 0 Å². The van der Waals surface area contributed by atoms with Crippen molar-refractivity contribution in [3.05, 3.63) is 77.9 Å². The van der Waals surface area contributed by atoms with Crippen molar-refractivity contribution in [1.29, 1.82) is 0 Å². The Morgan fingerprint density at radius 1 is 1.04 bits per heavy atom. The molecule has 1 amide bonds. The van der Waals surface area contributed by atoms with E-state index < -0.39 is 0 Å². The number of amides is 1. The molecular weight excluding hydrogens is 352 g/mol. The predicted molar refractivity (Wildman–Crippen MR) is 110 cm³/mol. The summed E-state index contributed by atoms with van der Waals surface area (Å²) in [6.07, 6.45) is 0.946. The number of benzene rings is 3. The molecule has 4 aromatic rings. The first-order chi connectivity index (χ1) is 13.7. The molecule has 5 nitrogen and oxygen atoms in total. The molecule has 1 aromatic heterocycles. The summed E-state index contributed by atoms with van der Waals surface area (Å²) in [6, 6.07) is 20.6. The first-order valence-corrected chi connectivity index (χ1v) is 9.11. The minimum atomic E-state index is -0.152. The zero-order chi connectivity index (χ0) is 19.5. The Bertz CT molecular complexity index is 1110. The Kier molecular flexibility index (Phi) is 4.81. The summed E-state index contributed by atoms with van der Waals surface area (Å²) in [5, 5.41) is 2.91. The van der Waals surface area contributed by atoms with Crippen molar-refractivity contribution in [3.8, 4) is 17.2 Å². The highest BCUT2D eigenvalue weighted by Crippen LogP contribution is 2.27. The summed E-state index contributed by atoms with van der Waals surface area (Å²) >= 11 is 0. The molecule has 0 radical (unpaired) electrons. The van der Waals surface area contributed by atoms with Crippen molar-refractivity contribution >= 4 is 22.7 Å². The number of aryl methyl sites for hydroxylation is 1. The second kappa shape index (κ2) is 7.56. The largest absolute Gasteiger partial charge is 0.497 e. The highest BCUT2D eigenvalue weighted by molar-refractivity contribution is 6.05. The number of rotatable bonds is 5. The molecule has 1 N–H and O–H groups in total. The van der Waals surface area contributed by atoms with Gasteiger partial charge in [-0.15, -0.1) is 0 Å². The zero-order valence-electron chi connectivity index (χ0n) is 15.7. The van der Waals surface area contributed by atoms with Gasteiger partial charge < -0.3 is 14.5 Å². The van der Waals surface area contributed by atoms with Crippen LogP contribution >= 0.6 is 0 Å². The lowest BCUT2D eigenvalue weighted by atomic mass is 10.1. The second-order valence-corrected chi connectivity index (χ2v) is 6.43. The highest BCUT2D eigenvalue weighted by atomic mass is 16.5. The maximum absolute atomic E-state index is 12.5. The van der Waals surface area contributed by atoms with E-state index in [-0.39, 0.29) is 5.91 Å². The molecule has 0 fully saturated rings. The van der Waals surface area contributed by atoms with Crippen LogP contribution in [0, 0.1) is 0 Å². The van der Waals surface area contributed by atoms with E-state index in [0.717, 1.165) is 17.7 Å². The fourth-order valence-corrected chi connectivity index (χ4v) is 2.96. The Hall–Kier alpha value is -3.60. The Balaban J connectivity index is 1.56. The third kappa shape index (κ3) is 3.60. The van der Waals surface area contributed by atoms with Gasteiger partial charge in [0, 0.05) is 16.8 Å². The normalized spacial score (nSPS) is 10.8. The number of hydrogen-bond acceptors (Lipinski definition) is 4. The molecule has 0 aliphatic heterocycles. The van der Waals surface area contributed by atoms with Gasteiger partial charge >= 0.3 is 0 Å². The second-order valence-electron chi connectivity index (χ2n) is 6.43. The van der Waals surface area contributed by atoms with E-state index >= 15 is 0 Å². The van der Waals surface area contributed by atoms with Crippen LogP contribution in [0.1, 0.15) is 22.8 Å². The van der Waals surface area contributed by atoms with Crippen LogP contribution in [0.2, 0.25) is 0 Å². The number of anilines is 1. The average Bonchev–Trinajstić information content (AvgIpc) is 3.17. The molecule has 0 aliphatic rings. The summed E-state index contributed by atoms with van der Waals surface area (Å²) in [4.78, 5) is 17.0. The lowest BCUT2D eigenvalue weighted by Crippen LogP contribution is -2.11. The predicted octanol–water partition coefficient (Wildman–Crippen LogP) is 5.32. The number of nitrogens with one attached hydrogen (secondary N) is 1. The van der Waals surface area contributed by atoms with Crippen LogP contribution in [0.15, 0.2) is 71.1 Å². The van der Waals surface area contributed by atoms with Gasteiger partial charge in [0.25, 0.3) is 5.91 Å². The molecule has 28 heavy (non-hydrogen) atoms. The molecule has 0 atom stereocenters. The van der Waals surface area contributed by atoms with Gasteiger partial charge in [-0.3, -0.25) is 4.79 Å². The molecule has 4 rings (SSSR count). The molecule has 0 saturated heterocycles. The third-order valence-corrected chi connectivity index (χ3v) is 4.61. The first-order valence-electron chi connectivity index (χ1n) is 9.11. The smallest absolute Gasteiger partial charge is 0.255 e. The Morgan fingerprint density at radius 3 is 2.46 bits per heavy atom. The number of fused-ring (bicyclic) bond motifs is 1. The van der Waals surface area contributed by atoms with Crippen LogP contribution in [-0.2, 0) is 6.42 Å². The molecule has 140 valence electrons. The van der Waals surface area contributed by atoms with E-state index in [4.69, 9.17) is 9.15 Å². The molecule has 3 aromatic carbocycles. The van der Waals surface area contributed by atoms with Crippen molar-refractivity contribution < 1.29 is 13.9 Å². The maximum atomic E-state index is 12.5. The summed E-state index contributed by atoms with van der Waals surface area (Å²) in [5.41, 5.74) is 4.70. The lowest BCUT2D eigenvalue weighted by Gasteiger charge is -2.05. The molecule has 0 unspecified atom stereocenters. The minimum absolute atomic E-state index is 0.152. The number of nitrogens with zero attached hydrogens (tertiary/aromatic N) is 1. The third-order valence-electron chi connectivity index (χ3n) is 4.61. The van der Waals surface area contributed by atoms with Crippen molar-refractivity contribution in [2.75, 3.05) is 12.4 Å². The summed E-state index contributed by atoms with van der Waals surface area (Å²) in [6.45, 7) is 2.09. The number of methoxy groups -OCH3 is 1. The van der Waals surface area contributed by atoms with Crippen molar-refractivity contribution in [2.45, 2.75) is 13.3 Å². The summed E-state index contributed by atoms with van der Waals surface area (Å²) < 4.78 is 11.0. The summed E-state index contributed by atoms with van der Waals surface area (Å²) in [7, 11) is 1.63. The fraction of sp³-hybridized carbons (Fsp3) is 0.130. The van der Waals surface area contributed by atoms with Crippen LogP contribution in [-0.4, -0.2) is 18.0 Å². The van der Waals surface area contributed by atoms with E-state index in [1.54, 1.807) is 7.11 Å². The quantitative estimate of drug-likeness (QED) is 0.515. The van der Waals surface area contributed by atoms with E-state index in [1.165, 1.54) is 5.56 Å². The van der Waals surface area contributed by atoms with Gasteiger partial charge in [0.1, 0.15) is 11.3 Å². The van der Waals surface area contributed by atoms with Crippen molar-refractivity contribution in [1.82, 2.24) is 4.98 Å². The first kappa shape index (κ1) is 17.8. The molecule has 5 heteroatoms. The number of hydrogen-bond donors (Lipinski definition) is 1.